The Morgan fingerprint density at radius 2 is 1.90 bits per heavy atom. The SMILES string of the molecule is O=C1Nc2ccc(C(F)(F)F)cc2Nc2nc(Cl)ncc21. The van der Waals surface area contributed by atoms with Crippen LogP contribution < -0.4 is 10.6 Å². The van der Waals surface area contributed by atoms with Gasteiger partial charge in [0.1, 0.15) is 11.4 Å². The third-order valence-corrected chi connectivity index (χ3v) is 3.03. The third kappa shape index (κ3) is 2.49. The molecule has 5 nitrogen and oxygen atoms in total. The highest BCUT2D eigenvalue weighted by atomic mass is 35.5. The molecule has 0 spiro atoms. The molecule has 0 bridgehead atoms. The Morgan fingerprint density at radius 3 is 2.62 bits per heavy atom. The van der Waals surface area contributed by atoms with Gasteiger partial charge in [-0.3, -0.25) is 4.79 Å². The maximum absolute atomic E-state index is 12.7. The number of carbonyl (C=O) groups excluding carboxylic acids is 1. The molecule has 1 aliphatic rings. The first-order valence-corrected chi connectivity index (χ1v) is 6.04. The van der Waals surface area contributed by atoms with Crippen molar-refractivity contribution in [1.82, 2.24) is 9.97 Å². The van der Waals surface area contributed by atoms with Crippen LogP contribution in [0.3, 0.4) is 0 Å². The maximum Gasteiger partial charge on any atom is 0.416 e. The zero-order valence-corrected chi connectivity index (χ0v) is 10.9. The number of fused-ring (bicyclic) bond motifs is 2. The molecule has 1 aromatic carbocycles. The number of alkyl halides is 3. The van der Waals surface area contributed by atoms with Gasteiger partial charge < -0.3 is 10.6 Å². The summed E-state index contributed by atoms with van der Waals surface area (Å²) in [7, 11) is 0. The first-order valence-electron chi connectivity index (χ1n) is 5.67. The van der Waals surface area contributed by atoms with Crippen LogP contribution in [0.15, 0.2) is 24.4 Å². The standard InChI is InChI=1S/C12H6ClF3N4O/c13-11-17-4-6-9(20-11)18-8-3-5(12(14,15)16)1-2-7(8)19-10(6)21/h1-4H,(H,19,21)(H,17,18,20). The molecular formula is C12H6ClF3N4O. The van der Waals surface area contributed by atoms with Crippen LogP contribution in [-0.2, 0) is 6.18 Å². The largest absolute Gasteiger partial charge is 0.416 e. The van der Waals surface area contributed by atoms with E-state index in [4.69, 9.17) is 11.6 Å². The quantitative estimate of drug-likeness (QED) is 0.731. The van der Waals surface area contributed by atoms with E-state index in [-0.39, 0.29) is 28.0 Å². The molecule has 0 atom stereocenters. The third-order valence-electron chi connectivity index (χ3n) is 2.85. The maximum atomic E-state index is 12.7. The van der Waals surface area contributed by atoms with E-state index in [2.05, 4.69) is 20.6 Å². The Balaban J connectivity index is 2.13. The lowest BCUT2D eigenvalue weighted by Gasteiger charge is -2.12. The molecule has 0 aliphatic carbocycles. The van der Waals surface area contributed by atoms with Gasteiger partial charge in [0.15, 0.2) is 0 Å². The molecule has 2 heterocycles. The summed E-state index contributed by atoms with van der Waals surface area (Å²) in [5, 5.41) is 5.03. The van der Waals surface area contributed by atoms with Gasteiger partial charge in [-0.15, -0.1) is 0 Å². The van der Waals surface area contributed by atoms with E-state index in [1.807, 2.05) is 0 Å². The zero-order valence-electron chi connectivity index (χ0n) is 10.1. The minimum atomic E-state index is -4.49. The van der Waals surface area contributed by atoms with Crippen molar-refractivity contribution in [2.24, 2.45) is 0 Å². The number of carbonyl (C=O) groups is 1. The van der Waals surface area contributed by atoms with E-state index < -0.39 is 17.6 Å². The van der Waals surface area contributed by atoms with Gasteiger partial charge in [-0.2, -0.15) is 18.2 Å². The molecular weight excluding hydrogens is 309 g/mol. The van der Waals surface area contributed by atoms with Crippen molar-refractivity contribution < 1.29 is 18.0 Å². The summed E-state index contributed by atoms with van der Waals surface area (Å²) in [6.07, 6.45) is -3.29. The summed E-state index contributed by atoms with van der Waals surface area (Å²) in [5.74, 6) is -0.488. The van der Waals surface area contributed by atoms with Gasteiger partial charge in [0.05, 0.1) is 16.9 Å². The Bertz CT molecular complexity index is 748. The van der Waals surface area contributed by atoms with E-state index in [9.17, 15) is 18.0 Å². The predicted octanol–water partition coefficient (Wildman–Crippen LogP) is 3.46. The van der Waals surface area contributed by atoms with Crippen LogP contribution in [0.4, 0.5) is 30.4 Å². The summed E-state index contributed by atoms with van der Waals surface area (Å²) in [5.41, 5.74) is -0.468. The van der Waals surface area contributed by atoms with Crippen LogP contribution in [0.1, 0.15) is 15.9 Å². The summed E-state index contributed by atoms with van der Waals surface area (Å²) >= 11 is 5.63. The van der Waals surface area contributed by atoms with Crippen molar-refractivity contribution in [3.8, 4) is 0 Å². The fourth-order valence-corrected chi connectivity index (χ4v) is 2.01. The fraction of sp³-hybridized carbons (Fsp3) is 0.0833. The van der Waals surface area contributed by atoms with Crippen LogP contribution in [0.5, 0.6) is 0 Å². The van der Waals surface area contributed by atoms with Crippen molar-refractivity contribution in [3.05, 3.63) is 40.8 Å². The fourth-order valence-electron chi connectivity index (χ4n) is 1.87. The number of nitrogens with zero attached hydrogens (tertiary/aromatic N) is 2. The summed E-state index contributed by atoms with van der Waals surface area (Å²) in [4.78, 5) is 19.5. The van der Waals surface area contributed by atoms with Gasteiger partial charge in [0.2, 0.25) is 5.28 Å². The molecule has 21 heavy (non-hydrogen) atoms. The van der Waals surface area contributed by atoms with Gasteiger partial charge in [-0.1, -0.05) is 0 Å². The van der Waals surface area contributed by atoms with E-state index in [0.29, 0.717) is 0 Å². The van der Waals surface area contributed by atoms with E-state index in [1.54, 1.807) is 0 Å². The average molecular weight is 315 g/mol. The summed E-state index contributed by atoms with van der Waals surface area (Å²) in [6.45, 7) is 0. The molecule has 9 heteroatoms. The number of rotatable bonds is 0. The Hall–Kier alpha value is -2.35. The van der Waals surface area contributed by atoms with Crippen LogP contribution in [-0.4, -0.2) is 15.9 Å². The lowest BCUT2D eigenvalue weighted by atomic mass is 10.1. The van der Waals surface area contributed by atoms with Crippen LogP contribution >= 0.6 is 11.6 Å². The van der Waals surface area contributed by atoms with Gasteiger partial charge in [-0.05, 0) is 29.8 Å². The van der Waals surface area contributed by atoms with E-state index in [1.165, 1.54) is 12.3 Å². The van der Waals surface area contributed by atoms with Gasteiger partial charge in [-0.25, -0.2) is 4.98 Å². The summed E-state index contributed by atoms with van der Waals surface area (Å²) < 4.78 is 38.2. The number of hydrogen-bond acceptors (Lipinski definition) is 4. The number of benzene rings is 1. The second-order valence-electron chi connectivity index (χ2n) is 4.24. The highest BCUT2D eigenvalue weighted by molar-refractivity contribution is 6.28. The van der Waals surface area contributed by atoms with Gasteiger partial charge in [0, 0.05) is 6.20 Å². The Labute approximate surface area is 121 Å². The van der Waals surface area contributed by atoms with Gasteiger partial charge in [0.25, 0.3) is 5.91 Å². The van der Waals surface area contributed by atoms with Crippen LogP contribution in [0.25, 0.3) is 0 Å². The Morgan fingerprint density at radius 1 is 1.14 bits per heavy atom. The molecule has 0 saturated carbocycles. The van der Waals surface area contributed by atoms with E-state index in [0.717, 1.165) is 12.1 Å². The Kier molecular flexibility index (Phi) is 2.98. The predicted molar refractivity (Wildman–Crippen MR) is 69.7 cm³/mol. The minimum Gasteiger partial charge on any atom is -0.338 e. The molecule has 3 rings (SSSR count). The average Bonchev–Trinajstić information content (AvgIpc) is 2.52. The minimum absolute atomic E-state index is 0.0468. The summed E-state index contributed by atoms with van der Waals surface area (Å²) in [6, 6.07) is 2.94. The van der Waals surface area contributed by atoms with Crippen LogP contribution in [0, 0.1) is 0 Å². The monoisotopic (exact) mass is 314 g/mol. The molecule has 1 amide bonds. The van der Waals surface area contributed by atoms with Crippen molar-refractivity contribution in [3.63, 3.8) is 0 Å². The lowest BCUT2D eigenvalue weighted by molar-refractivity contribution is -0.137. The lowest BCUT2D eigenvalue weighted by Crippen LogP contribution is -2.12. The molecule has 2 aromatic rings. The van der Waals surface area contributed by atoms with Crippen molar-refractivity contribution in [1.29, 1.82) is 0 Å². The van der Waals surface area contributed by atoms with Crippen LogP contribution in [0.2, 0.25) is 5.28 Å². The molecule has 2 N–H and O–H groups in total. The molecule has 1 aliphatic heterocycles. The van der Waals surface area contributed by atoms with Gasteiger partial charge >= 0.3 is 6.18 Å². The second kappa shape index (κ2) is 4.59. The number of hydrogen-bond donors (Lipinski definition) is 2. The first kappa shape index (κ1) is 13.6. The zero-order chi connectivity index (χ0) is 15.2. The number of nitrogens with one attached hydrogen (secondary N) is 2. The number of halogens is 4. The highest BCUT2D eigenvalue weighted by Crippen LogP contribution is 2.37. The molecule has 1 aromatic heterocycles. The van der Waals surface area contributed by atoms with Crippen molar-refractivity contribution in [2.75, 3.05) is 10.6 Å². The smallest absolute Gasteiger partial charge is 0.338 e. The highest BCUT2D eigenvalue weighted by Gasteiger charge is 2.32. The van der Waals surface area contributed by atoms with Crippen molar-refractivity contribution >= 4 is 34.7 Å². The molecule has 0 fully saturated rings. The number of anilines is 3. The molecule has 108 valence electrons. The second-order valence-corrected chi connectivity index (χ2v) is 4.58. The first-order chi connectivity index (χ1) is 9.84. The molecule has 0 unspecified atom stereocenters. The van der Waals surface area contributed by atoms with E-state index >= 15 is 0 Å². The molecule has 0 radical (unpaired) electrons. The number of amides is 1. The van der Waals surface area contributed by atoms with Crippen molar-refractivity contribution in [2.45, 2.75) is 6.18 Å². The topological polar surface area (TPSA) is 66.9 Å². The normalized spacial score (nSPS) is 13.6. The number of aromatic nitrogens is 2. The molecule has 0 saturated heterocycles.